The minimum absolute atomic E-state index is 0.0428. The molecule has 41 heavy (non-hydrogen) atoms. The quantitative estimate of drug-likeness (QED) is 0.256. The number of carbonyl (C=O) groups excluding carboxylic acids is 1. The van der Waals surface area contributed by atoms with Crippen molar-refractivity contribution in [3.8, 4) is 11.9 Å². The number of benzene rings is 1. The fraction of sp³-hybridized carbons (Fsp3) is 0.400. The third kappa shape index (κ3) is 5.95. The maximum absolute atomic E-state index is 14.0. The molecule has 2 fully saturated rings. The van der Waals surface area contributed by atoms with Crippen LogP contribution in [0.3, 0.4) is 0 Å². The molecule has 0 aliphatic carbocycles. The number of nitrogens with zero attached hydrogens (tertiary/aromatic N) is 5. The summed E-state index contributed by atoms with van der Waals surface area (Å²) in [4.78, 5) is 24.9. The van der Waals surface area contributed by atoms with E-state index in [0.717, 1.165) is 72.8 Å². The predicted octanol–water partition coefficient (Wildman–Crippen LogP) is 5.04. The van der Waals surface area contributed by atoms with E-state index in [4.69, 9.17) is 29.4 Å². The Morgan fingerprint density at radius 2 is 2.02 bits per heavy atom. The van der Waals surface area contributed by atoms with Gasteiger partial charge in [0.05, 0.1) is 47.8 Å². The lowest BCUT2D eigenvalue weighted by molar-refractivity contribution is -0.0592. The molecule has 1 atom stereocenters. The van der Waals surface area contributed by atoms with Gasteiger partial charge in [-0.2, -0.15) is 5.26 Å². The molecule has 212 valence electrons. The minimum atomic E-state index is -0.423. The van der Waals surface area contributed by atoms with Gasteiger partial charge in [-0.3, -0.25) is 4.90 Å². The SMILES string of the molecule is COC(=O)c1ccc2nc(CN3CCC(c4cccc(OCc5sc(C#N)cc5F)n4)CC3)n(CC3CCO3)c2c1. The molecule has 2 aliphatic rings. The van der Waals surface area contributed by atoms with E-state index in [1.165, 1.54) is 13.2 Å². The van der Waals surface area contributed by atoms with Gasteiger partial charge in [-0.15, -0.1) is 11.3 Å². The number of hydrogen-bond donors (Lipinski definition) is 0. The minimum Gasteiger partial charge on any atom is -0.472 e. The number of carbonyl (C=O) groups is 1. The Morgan fingerprint density at radius 1 is 1.20 bits per heavy atom. The molecule has 0 radical (unpaired) electrons. The number of aromatic nitrogens is 3. The second-order valence-electron chi connectivity index (χ2n) is 10.3. The van der Waals surface area contributed by atoms with Gasteiger partial charge in [-0.05, 0) is 56.6 Å². The molecule has 11 heteroatoms. The van der Waals surface area contributed by atoms with Crippen LogP contribution >= 0.6 is 11.3 Å². The first-order chi connectivity index (χ1) is 20.0. The van der Waals surface area contributed by atoms with E-state index >= 15 is 0 Å². The highest BCUT2D eigenvalue weighted by Crippen LogP contribution is 2.30. The summed E-state index contributed by atoms with van der Waals surface area (Å²) in [5.41, 5.74) is 3.25. The fourth-order valence-corrected chi connectivity index (χ4v) is 6.15. The van der Waals surface area contributed by atoms with E-state index < -0.39 is 5.82 Å². The molecule has 0 N–H and O–H groups in total. The number of nitriles is 1. The summed E-state index contributed by atoms with van der Waals surface area (Å²) in [6.45, 7) is 4.02. The van der Waals surface area contributed by atoms with Crippen LogP contribution in [0.15, 0.2) is 42.5 Å². The molecule has 2 saturated heterocycles. The van der Waals surface area contributed by atoms with Crippen LogP contribution in [0.25, 0.3) is 11.0 Å². The third-order valence-electron chi connectivity index (χ3n) is 7.76. The van der Waals surface area contributed by atoms with Crippen LogP contribution in [0.1, 0.15) is 56.8 Å². The zero-order valence-electron chi connectivity index (χ0n) is 22.7. The Bertz CT molecular complexity index is 1600. The summed E-state index contributed by atoms with van der Waals surface area (Å²) >= 11 is 1.10. The zero-order valence-corrected chi connectivity index (χ0v) is 23.5. The number of pyridine rings is 1. The van der Waals surface area contributed by atoms with E-state index in [1.54, 1.807) is 12.1 Å². The fourth-order valence-electron chi connectivity index (χ4n) is 5.40. The molecule has 5 heterocycles. The standard InChI is InChI=1S/C30H30FN5O4S/c1-38-30(37)20-5-6-25-26(13-20)36(16-21-9-12-39-21)28(33-25)17-35-10-7-19(8-11-35)24-3-2-4-29(34-24)40-18-27-23(31)14-22(15-32)41-27/h2-6,13-14,19,21H,7-12,16-18H2,1H3. The Labute approximate surface area is 241 Å². The number of methoxy groups -OCH3 is 1. The van der Waals surface area contributed by atoms with Gasteiger partial charge in [-0.1, -0.05) is 6.07 Å². The molecular weight excluding hydrogens is 545 g/mol. The second kappa shape index (κ2) is 11.9. The van der Waals surface area contributed by atoms with Gasteiger partial charge in [0, 0.05) is 30.4 Å². The summed E-state index contributed by atoms with van der Waals surface area (Å²) in [5, 5.41) is 8.99. The van der Waals surface area contributed by atoms with Crippen LogP contribution < -0.4 is 4.74 Å². The summed E-state index contributed by atoms with van der Waals surface area (Å²) in [6, 6.07) is 14.4. The first-order valence-electron chi connectivity index (χ1n) is 13.7. The highest BCUT2D eigenvalue weighted by Gasteiger charge is 2.26. The molecule has 2 aliphatic heterocycles. The largest absolute Gasteiger partial charge is 0.472 e. The van der Waals surface area contributed by atoms with Crippen LogP contribution in [0.4, 0.5) is 4.39 Å². The van der Waals surface area contributed by atoms with E-state index in [9.17, 15) is 9.18 Å². The average Bonchev–Trinajstić information content (AvgIpc) is 3.52. The molecular formula is C30H30FN5O4S. The summed E-state index contributed by atoms with van der Waals surface area (Å²) in [5.74, 6) is 0.924. The van der Waals surface area contributed by atoms with Crippen molar-refractivity contribution in [3.63, 3.8) is 0 Å². The lowest BCUT2D eigenvalue weighted by atomic mass is 9.93. The number of rotatable bonds is 9. The van der Waals surface area contributed by atoms with Crippen molar-refractivity contribution in [1.29, 1.82) is 5.26 Å². The van der Waals surface area contributed by atoms with Crippen molar-refractivity contribution in [2.24, 2.45) is 0 Å². The van der Waals surface area contributed by atoms with E-state index in [0.29, 0.717) is 40.2 Å². The Kier molecular flexibility index (Phi) is 7.96. The Hall–Kier alpha value is -3.85. The number of thiophene rings is 1. The smallest absolute Gasteiger partial charge is 0.337 e. The Balaban J connectivity index is 1.11. The number of halogens is 1. The summed E-state index contributed by atoms with van der Waals surface area (Å²) in [7, 11) is 1.39. The van der Waals surface area contributed by atoms with Crippen LogP contribution in [0.5, 0.6) is 5.88 Å². The van der Waals surface area contributed by atoms with Crippen LogP contribution in [0, 0.1) is 17.1 Å². The summed E-state index contributed by atoms with van der Waals surface area (Å²) in [6.07, 6.45) is 3.06. The molecule has 3 aromatic heterocycles. The zero-order chi connectivity index (χ0) is 28.3. The molecule has 6 rings (SSSR count). The number of likely N-dealkylation sites (tertiary alicyclic amines) is 1. The first kappa shape index (κ1) is 27.3. The number of piperidine rings is 1. The molecule has 1 aromatic carbocycles. The van der Waals surface area contributed by atoms with Gasteiger partial charge in [0.25, 0.3) is 0 Å². The topological polar surface area (TPSA) is 102 Å². The van der Waals surface area contributed by atoms with Crippen molar-refractivity contribution in [1.82, 2.24) is 19.4 Å². The summed E-state index contributed by atoms with van der Waals surface area (Å²) < 4.78 is 32.6. The number of esters is 1. The van der Waals surface area contributed by atoms with Gasteiger partial charge in [0.1, 0.15) is 29.2 Å². The highest BCUT2D eigenvalue weighted by molar-refractivity contribution is 7.12. The molecule has 0 amide bonds. The highest BCUT2D eigenvalue weighted by atomic mass is 32.1. The normalized spacial score (nSPS) is 17.7. The first-order valence-corrected chi connectivity index (χ1v) is 14.5. The average molecular weight is 576 g/mol. The van der Waals surface area contributed by atoms with Crippen molar-refractivity contribution in [3.05, 3.63) is 75.1 Å². The third-order valence-corrected chi connectivity index (χ3v) is 8.75. The maximum Gasteiger partial charge on any atom is 0.337 e. The second-order valence-corrected chi connectivity index (χ2v) is 11.5. The lowest BCUT2D eigenvalue weighted by Crippen LogP contribution is -2.35. The molecule has 0 saturated carbocycles. The van der Waals surface area contributed by atoms with Crippen molar-refractivity contribution < 1.29 is 23.4 Å². The monoisotopic (exact) mass is 575 g/mol. The maximum atomic E-state index is 14.0. The molecule has 0 spiro atoms. The molecule has 4 aromatic rings. The Morgan fingerprint density at radius 3 is 2.73 bits per heavy atom. The predicted molar refractivity (Wildman–Crippen MR) is 150 cm³/mol. The molecule has 1 unspecified atom stereocenters. The van der Waals surface area contributed by atoms with Gasteiger partial charge in [0.15, 0.2) is 0 Å². The number of fused-ring (bicyclic) bond motifs is 1. The molecule has 0 bridgehead atoms. The number of imidazole rings is 1. The van der Waals surface area contributed by atoms with Crippen molar-refractivity contribution >= 4 is 28.3 Å². The number of hydrogen-bond acceptors (Lipinski definition) is 9. The van der Waals surface area contributed by atoms with Gasteiger partial charge in [-0.25, -0.2) is 19.2 Å². The van der Waals surface area contributed by atoms with Crippen LogP contribution in [-0.2, 0) is 29.2 Å². The van der Waals surface area contributed by atoms with E-state index in [1.807, 2.05) is 30.3 Å². The number of ether oxygens (including phenoxy) is 3. The lowest BCUT2D eigenvalue weighted by Gasteiger charge is -2.32. The van der Waals surface area contributed by atoms with Gasteiger partial charge >= 0.3 is 5.97 Å². The molecule has 9 nitrogen and oxygen atoms in total. The van der Waals surface area contributed by atoms with E-state index in [2.05, 4.69) is 9.47 Å². The van der Waals surface area contributed by atoms with E-state index in [-0.39, 0.29) is 18.7 Å². The van der Waals surface area contributed by atoms with Crippen molar-refractivity contribution in [2.75, 3.05) is 26.8 Å². The van der Waals surface area contributed by atoms with Crippen LogP contribution in [0.2, 0.25) is 0 Å². The van der Waals surface area contributed by atoms with Gasteiger partial charge in [0.2, 0.25) is 5.88 Å². The van der Waals surface area contributed by atoms with Crippen LogP contribution in [-0.4, -0.2) is 58.3 Å². The van der Waals surface area contributed by atoms with Crippen molar-refractivity contribution in [2.45, 2.75) is 51.0 Å². The van der Waals surface area contributed by atoms with Gasteiger partial charge < -0.3 is 18.8 Å².